The first-order valence-corrected chi connectivity index (χ1v) is 6.54. The van der Waals surface area contributed by atoms with E-state index < -0.39 is 10.1 Å². The van der Waals surface area contributed by atoms with Gasteiger partial charge in [-0.25, -0.2) is 0 Å². The van der Waals surface area contributed by atoms with Crippen molar-refractivity contribution in [1.29, 1.82) is 0 Å². The second kappa shape index (κ2) is 6.93. The molecular formula is C12H11N2NaO3S. The van der Waals surface area contributed by atoms with Crippen LogP contribution < -0.4 is 0 Å². The molecule has 0 bridgehead atoms. The molecule has 0 fully saturated rings. The van der Waals surface area contributed by atoms with Crippen molar-refractivity contribution < 1.29 is 13.0 Å². The summed E-state index contributed by atoms with van der Waals surface area (Å²) in [7, 11) is -4.21. The maximum atomic E-state index is 10.9. The van der Waals surface area contributed by atoms with Crippen LogP contribution in [0.5, 0.6) is 0 Å². The van der Waals surface area contributed by atoms with Crippen molar-refractivity contribution in [2.45, 2.75) is 4.90 Å². The van der Waals surface area contributed by atoms with E-state index in [1.165, 1.54) is 18.2 Å². The topological polar surface area (TPSA) is 79.1 Å². The molecule has 0 aromatic heterocycles. The number of benzene rings is 2. The zero-order valence-electron chi connectivity index (χ0n) is 9.26. The van der Waals surface area contributed by atoms with Crippen LogP contribution in [0.3, 0.4) is 0 Å². The zero-order valence-corrected chi connectivity index (χ0v) is 10.1. The van der Waals surface area contributed by atoms with Crippen molar-refractivity contribution in [2.75, 3.05) is 0 Å². The van der Waals surface area contributed by atoms with Crippen LogP contribution in [-0.4, -0.2) is 42.5 Å². The molecule has 1 N–H and O–H groups in total. The SMILES string of the molecule is O=S(=O)(O)c1cccc(/N=N/c2ccccc2)c1.[NaH]. The molecule has 2 aromatic carbocycles. The molecule has 7 heteroatoms. The summed E-state index contributed by atoms with van der Waals surface area (Å²) in [6.45, 7) is 0. The van der Waals surface area contributed by atoms with Crippen LogP contribution in [0.15, 0.2) is 69.7 Å². The van der Waals surface area contributed by atoms with Crippen molar-refractivity contribution in [1.82, 2.24) is 0 Å². The van der Waals surface area contributed by atoms with Crippen LogP contribution in [0.1, 0.15) is 0 Å². The monoisotopic (exact) mass is 286 g/mol. The zero-order chi connectivity index (χ0) is 13.0. The Bertz CT molecular complexity index is 672. The molecule has 0 atom stereocenters. The number of hydrogen-bond donors (Lipinski definition) is 1. The third kappa shape index (κ3) is 4.85. The van der Waals surface area contributed by atoms with E-state index in [0.29, 0.717) is 11.4 Å². The van der Waals surface area contributed by atoms with E-state index in [1.807, 2.05) is 18.2 Å². The Labute approximate surface area is 133 Å². The molecule has 0 saturated carbocycles. The summed E-state index contributed by atoms with van der Waals surface area (Å²) in [5.74, 6) is 0. The van der Waals surface area contributed by atoms with Gasteiger partial charge in [-0.3, -0.25) is 4.55 Å². The van der Waals surface area contributed by atoms with Crippen LogP contribution in [0.2, 0.25) is 0 Å². The van der Waals surface area contributed by atoms with E-state index in [4.69, 9.17) is 4.55 Å². The van der Waals surface area contributed by atoms with Gasteiger partial charge in [0.05, 0.1) is 16.3 Å². The fourth-order valence-corrected chi connectivity index (χ4v) is 1.84. The molecule has 19 heavy (non-hydrogen) atoms. The summed E-state index contributed by atoms with van der Waals surface area (Å²) in [6, 6.07) is 14.7. The fourth-order valence-electron chi connectivity index (χ4n) is 1.32. The Hall–Kier alpha value is -1.05. The van der Waals surface area contributed by atoms with Gasteiger partial charge in [0.2, 0.25) is 0 Å². The maximum absolute atomic E-state index is 10.9. The van der Waals surface area contributed by atoms with Crippen molar-refractivity contribution in [3.05, 3.63) is 54.6 Å². The number of hydrogen-bond acceptors (Lipinski definition) is 4. The predicted molar refractivity (Wildman–Crippen MR) is 74.0 cm³/mol. The Morgan fingerprint density at radius 2 is 1.42 bits per heavy atom. The number of azo groups is 1. The van der Waals surface area contributed by atoms with Gasteiger partial charge < -0.3 is 0 Å². The number of rotatable bonds is 3. The molecule has 0 radical (unpaired) electrons. The minimum absolute atomic E-state index is 0. The molecule has 5 nitrogen and oxygen atoms in total. The summed E-state index contributed by atoms with van der Waals surface area (Å²) < 4.78 is 30.8. The van der Waals surface area contributed by atoms with Gasteiger partial charge in [0, 0.05) is 0 Å². The molecule has 2 rings (SSSR count). The summed E-state index contributed by atoms with van der Waals surface area (Å²) >= 11 is 0. The summed E-state index contributed by atoms with van der Waals surface area (Å²) in [5, 5.41) is 7.85. The van der Waals surface area contributed by atoms with Crippen LogP contribution >= 0.6 is 0 Å². The first-order valence-electron chi connectivity index (χ1n) is 5.10. The van der Waals surface area contributed by atoms with Gasteiger partial charge in [0.1, 0.15) is 0 Å². The first-order chi connectivity index (χ1) is 8.55. The molecule has 0 heterocycles. The van der Waals surface area contributed by atoms with E-state index in [1.54, 1.807) is 18.2 Å². The fraction of sp³-hybridized carbons (Fsp3) is 0. The van der Waals surface area contributed by atoms with Crippen molar-refractivity contribution in [3.8, 4) is 0 Å². The van der Waals surface area contributed by atoms with Crippen LogP contribution in [0, 0.1) is 0 Å². The van der Waals surface area contributed by atoms with E-state index in [2.05, 4.69) is 10.2 Å². The Morgan fingerprint density at radius 1 is 0.842 bits per heavy atom. The molecule has 0 amide bonds. The molecule has 0 aliphatic rings. The predicted octanol–water partition coefficient (Wildman–Crippen LogP) is 2.70. The normalized spacial score (nSPS) is 11.2. The van der Waals surface area contributed by atoms with Gasteiger partial charge in [-0.05, 0) is 30.3 Å². The average molecular weight is 286 g/mol. The molecule has 0 aliphatic heterocycles. The second-order valence-corrected chi connectivity index (χ2v) is 4.93. The van der Waals surface area contributed by atoms with Crippen LogP contribution in [0.25, 0.3) is 0 Å². The van der Waals surface area contributed by atoms with Gasteiger partial charge in [-0.15, -0.1) is 0 Å². The van der Waals surface area contributed by atoms with Gasteiger partial charge in [0.15, 0.2) is 0 Å². The van der Waals surface area contributed by atoms with Crippen LogP contribution in [-0.2, 0) is 10.1 Å². The average Bonchev–Trinajstić information content (AvgIpc) is 2.37. The minimum atomic E-state index is -4.21. The first kappa shape index (κ1) is 16.0. The standard InChI is InChI=1S/C12H10N2O3S.Na.H/c15-18(16,17)12-8-4-7-11(9-12)14-13-10-5-2-1-3-6-10;;/h1-9H,(H,15,16,17);;/b14-13+;;. The van der Waals surface area contributed by atoms with Crippen molar-refractivity contribution in [2.24, 2.45) is 10.2 Å². The van der Waals surface area contributed by atoms with E-state index >= 15 is 0 Å². The molecular weight excluding hydrogens is 275 g/mol. The van der Waals surface area contributed by atoms with Gasteiger partial charge >= 0.3 is 29.6 Å². The molecule has 94 valence electrons. The van der Waals surface area contributed by atoms with Crippen molar-refractivity contribution in [3.63, 3.8) is 0 Å². The number of nitrogens with zero attached hydrogens (tertiary/aromatic N) is 2. The Kier molecular flexibility index (Phi) is 5.84. The Balaban J connectivity index is 0.00000180. The summed E-state index contributed by atoms with van der Waals surface area (Å²) in [4.78, 5) is -0.202. The van der Waals surface area contributed by atoms with Gasteiger partial charge in [-0.2, -0.15) is 18.6 Å². The van der Waals surface area contributed by atoms with Crippen molar-refractivity contribution >= 4 is 51.1 Å². The third-order valence-electron chi connectivity index (χ3n) is 2.15. The quantitative estimate of drug-likeness (QED) is 0.535. The Morgan fingerprint density at radius 3 is 2.05 bits per heavy atom. The third-order valence-corrected chi connectivity index (χ3v) is 3.00. The molecule has 0 unspecified atom stereocenters. The van der Waals surface area contributed by atoms with Gasteiger partial charge in [-0.1, -0.05) is 24.3 Å². The molecule has 0 aliphatic carbocycles. The van der Waals surface area contributed by atoms with Crippen LogP contribution in [0.4, 0.5) is 11.4 Å². The molecule has 2 aromatic rings. The van der Waals surface area contributed by atoms with E-state index in [0.717, 1.165) is 0 Å². The molecule has 0 saturated heterocycles. The van der Waals surface area contributed by atoms with E-state index in [-0.39, 0.29) is 34.5 Å². The van der Waals surface area contributed by atoms with Gasteiger partial charge in [0.25, 0.3) is 10.1 Å². The summed E-state index contributed by atoms with van der Waals surface area (Å²) in [5.41, 5.74) is 1.02. The second-order valence-electron chi connectivity index (χ2n) is 3.51. The molecule has 0 spiro atoms. The van der Waals surface area contributed by atoms with E-state index in [9.17, 15) is 8.42 Å². The summed E-state index contributed by atoms with van der Waals surface area (Å²) in [6.07, 6.45) is 0.